The second-order valence-corrected chi connectivity index (χ2v) is 5.25. The number of carbonyl (C=O) groups is 2. The highest BCUT2D eigenvalue weighted by Crippen LogP contribution is 2.17. The smallest absolute Gasteiger partial charge is 0.354 e. The number of pyridine rings is 1. The maximum atomic E-state index is 11.9. The monoisotopic (exact) mass is 266 g/mol. The van der Waals surface area contributed by atoms with E-state index in [1.54, 1.807) is 0 Å². The SMILES string of the molecule is O=C(O)c1cccc(C(=O)NC2CCCSC2)n1. The number of amides is 1. The van der Waals surface area contributed by atoms with Crippen LogP contribution in [0.25, 0.3) is 0 Å². The van der Waals surface area contributed by atoms with Crippen LogP contribution in [0, 0.1) is 0 Å². The molecule has 1 amide bonds. The van der Waals surface area contributed by atoms with Crippen LogP contribution in [0.1, 0.15) is 33.8 Å². The van der Waals surface area contributed by atoms with E-state index in [9.17, 15) is 9.59 Å². The van der Waals surface area contributed by atoms with Crippen molar-refractivity contribution in [1.82, 2.24) is 10.3 Å². The van der Waals surface area contributed by atoms with Gasteiger partial charge in [0.05, 0.1) is 0 Å². The molecule has 18 heavy (non-hydrogen) atoms. The predicted molar refractivity (Wildman–Crippen MR) is 69.0 cm³/mol. The number of carboxylic acid groups (broad SMARTS) is 1. The average molecular weight is 266 g/mol. The van der Waals surface area contributed by atoms with Gasteiger partial charge in [0.1, 0.15) is 11.4 Å². The van der Waals surface area contributed by atoms with Crippen LogP contribution in [-0.2, 0) is 0 Å². The first-order valence-electron chi connectivity index (χ1n) is 5.76. The zero-order valence-electron chi connectivity index (χ0n) is 9.76. The van der Waals surface area contributed by atoms with Crippen molar-refractivity contribution in [3.05, 3.63) is 29.6 Å². The van der Waals surface area contributed by atoms with Crippen LogP contribution in [0.2, 0.25) is 0 Å². The molecule has 5 nitrogen and oxygen atoms in total. The van der Waals surface area contributed by atoms with E-state index < -0.39 is 5.97 Å². The van der Waals surface area contributed by atoms with E-state index in [1.165, 1.54) is 18.2 Å². The molecule has 1 aromatic heterocycles. The number of hydrogen-bond donors (Lipinski definition) is 2. The number of carbonyl (C=O) groups excluding carboxylic acids is 1. The highest BCUT2D eigenvalue weighted by atomic mass is 32.2. The van der Waals surface area contributed by atoms with Crippen LogP contribution in [0.4, 0.5) is 0 Å². The van der Waals surface area contributed by atoms with Crippen molar-refractivity contribution >= 4 is 23.6 Å². The van der Waals surface area contributed by atoms with Crippen molar-refractivity contribution in [3.63, 3.8) is 0 Å². The summed E-state index contributed by atoms with van der Waals surface area (Å²) in [6.45, 7) is 0. The molecule has 1 saturated heterocycles. The van der Waals surface area contributed by atoms with Crippen LogP contribution >= 0.6 is 11.8 Å². The normalized spacial score (nSPS) is 19.2. The minimum Gasteiger partial charge on any atom is -0.477 e. The molecule has 0 radical (unpaired) electrons. The van der Waals surface area contributed by atoms with Crippen molar-refractivity contribution in [2.24, 2.45) is 0 Å². The van der Waals surface area contributed by atoms with Gasteiger partial charge < -0.3 is 10.4 Å². The Morgan fingerprint density at radius 1 is 1.39 bits per heavy atom. The van der Waals surface area contributed by atoms with Gasteiger partial charge in [-0.15, -0.1) is 0 Å². The lowest BCUT2D eigenvalue weighted by atomic mass is 10.2. The summed E-state index contributed by atoms with van der Waals surface area (Å²) < 4.78 is 0. The molecule has 0 aliphatic carbocycles. The molecule has 96 valence electrons. The molecule has 0 aromatic carbocycles. The number of nitrogens with zero attached hydrogens (tertiary/aromatic N) is 1. The van der Waals surface area contributed by atoms with Crippen molar-refractivity contribution in [1.29, 1.82) is 0 Å². The highest BCUT2D eigenvalue weighted by Gasteiger charge is 2.18. The van der Waals surface area contributed by atoms with E-state index in [0.717, 1.165) is 24.3 Å². The fraction of sp³-hybridized carbons (Fsp3) is 0.417. The van der Waals surface area contributed by atoms with Gasteiger partial charge in [0, 0.05) is 11.8 Å². The quantitative estimate of drug-likeness (QED) is 0.864. The Balaban J connectivity index is 2.03. The van der Waals surface area contributed by atoms with E-state index in [0.29, 0.717) is 0 Å². The third-order valence-corrected chi connectivity index (χ3v) is 3.91. The van der Waals surface area contributed by atoms with Crippen molar-refractivity contribution in [2.45, 2.75) is 18.9 Å². The average Bonchev–Trinajstić information content (AvgIpc) is 2.40. The van der Waals surface area contributed by atoms with E-state index in [4.69, 9.17) is 5.11 Å². The molecular weight excluding hydrogens is 252 g/mol. The maximum Gasteiger partial charge on any atom is 0.354 e. The molecule has 1 unspecified atom stereocenters. The van der Waals surface area contributed by atoms with Gasteiger partial charge in [-0.05, 0) is 30.7 Å². The first-order valence-corrected chi connectivity index (χ1v) is 6.91. The molecule has 0 bridgehead atoms. The molecule has 1 aliphatic rings. The highest BCUT2D eigenvalue weighted by molar-refractivity contribution is 7.99. The van der Waals surface area contributed by atoms with E-state index in [1.807, 2.05) is 11.8 Å². The number of rotatable bonds is 3. The van der Waals surface area contributed by atoms with Crippen LogP contribution in [-0.4, -0.2) is 39.5 Å². The summed E-state index contributed by atoms with van der Waals surface area (Å²) in [5, 5.41) is 11.7. The summed E-state index contributed by atoms with van der Waals surface area (Å²) in [5.41, 5.74) is 0.0474. The topological polar surface area (TPSA) is 79.3 Å². The summed E-state index contributed by atoms with van der Waals surface area (Å²) in [6.07, 6.45) is 2.07. The third kappa shape index (κ3) is 3.22. The van der Waals surface area contributed by atoms with Gasteiger partial charge in [-0.1, -0.05) is 6.07 Å². The molecule has 1 aliphatic heterocycles. The second kappa shape index (κ2) is 5.86. The van der Waals surface area contributed by atoms with Crippen LogP contribution in [0.15, 0.2) is 18.2 Å². The third-order valence-electron chi connectivity index (χ3n) is 2.70. The fourth-order valence-electron chi connectivity index (χ4n) is 1.79. The lowest BCUT2D eigenvalue weighted by molar-refractivity contribution is 0.0690. The Morgan fingerprint density at radius 2 is 2.17 bits per heavy atom. The van der Waals surface area contributed by atoms with Gasteiger partial charge in [0.25, 0.3) is 5.91 Å². The number of nitrogens with one attached hydrogen (secondary N) is 1. The summed E-state index contributed by atoms with van der Waals surface area (Å²) in [5.74, 6) is 0.618. The molecule has 2 N–H and O–H groups in total. The Kier molecular flexibility index (Phi) is 4.19. The molecular formula is C12H14N2O3S. The molecule has 0 spiro atoms. The van der Waals surface area contributed by atoms with Crippen LogP contribution < -0.4 is 5.32 Å². The Hall–Kier alpha value is -1.56. The number of aromatic carboxylic acids is 1. The van der Waals surface area contributed by atoms with Gasteiger partial charge in [0.15, 0.2) is 0 Å². The predicted octanol–water partition coefficient (Wildman–Crippen LogP) is 1.41. The lowest BCUT2D eigenvalue weighted by Crippen LogP contribution is -2.38. The Labute approximate surface area is 109 Å². The van der Waals surface area contributed by atoms with E-state index >= 15 is 0 Å². The summed E-state index contributed by atoms with van der Waals surface area (Å²) in [7, 11) is 0. The number of aromatic nitrogens is 1. The number of carboxylic acids is 1. The molecule has 1 atom stereocenters. The minimum absolute atomic E-state index is 0.110. The fourth-order valence-corrected chi connectivity index (χ4v) is 2.87. The maximum absolute atomic E-state index is 11.9. The van der Waals surface area contributed by atoms with Gasteiger partial charge in [-0.25, -0.2) is 9.78 Å². The standard InChI is InChI=1S/C12H14N2O3S/c15-11(13-8-3-2-6-18-7-8)9-4-1-5-10(14-9)12(16)17/h1,4-5,8H,2-3,6-7H2,(H,13,15)(H,16,17). The Morgan fingerprint density at radius 3 is 2.83 bits per heavy atom. The molecule has 0 saturated carbocycles. The van der Waals surface area contributed by atoms with E-state index in [-0.39, 0.29) is 23.3 Å². The van der Waals surface area contributed by atoms with Crippen molar-refractivity contribution in [2.75, 3.05) is 11.5 Å². The zero-order valence-corrected chi connectivity index (χ0v) is 10.6. The largest absolute Gasteiger partial charge is 0.477 e. The summed E-state index contributed by atoms with van der Waals surface area (Å²) >= 11 is 1.82. The van der Waals surface area contributed by atoms with E-state index in [2.05, 4.69) is 10.3 Å². The first-order chi connectivity index (χ1) is 8.66. The van der Waals surface area contributed by atoms with Crippen molar-refractivity contribution in [3.8, 4) is 0 Å². The van der Waals surface area contributed by atoms with Gasteiger partial charge >= 0.3 is 5.97 Å². The van der Waals surface area contributed by atoms with Gasteiger partial charge in [-0.3, -0.25) is 4.79 Å². The summed E-state index contributed by atoms with van der Waals surface area (Å²) in [4.78, 5) is 26.5. The van der Waals surface area contributed by atoms with Gasteiger partial charge in [-0.2, -0.15) is 11.8 Å². The molecule has 6 heteroatoms. The first kappa shape index (κ1) is 12.9. The summed E-state index contributed by atoms with van der Waals surface area (Å²) in [6, 6.07) is 4.58. The minimum atomic E-state index is -1.13. The lowest BCUT2D eigenvalue weighted by Gasteiger charge is -2.22. The zero-order chi connectivity index (χ0) is 13.0. The number of thioether (sulfide) groups is 1. The molecule has 2 heterocycles. The van der Waals surface area contributed by atoms with Crippen LogP contribution in [0.5, 0.6) is 0 Å². The number of hydrogen-bond acceptors (Lipinski definition) is 4. The van der Waals surface area contributed by atoms with Crippen LogP contribution in [0.3, 0.4) is 0 Å². The molecule has 1 fully saturated rings. The van der Waals surface area contributed by atoms with Crippen molar-refractivity contribution < 1.29 is 14.7 Å². The Bertz CT molecular complexity index is 458. The molecule has 1 aromatic rings. The van der Waals surface area contributed by atoms with Gasteiger partial charge in [0.2, 0.25) is 0 Å². The molecule has 2 rings (SSSR count). The second-order valence-electron chi connectivity index (χ2n) is 4.10.